The number of pyridine rings is 1. The summed E-state index contributed by atoms with van der Waals surface area (Å²) in [6, 6.07) is 4.39. The highest BCUT2D eigenvalue weighted by molar-refractivity contribution is 5.87. The summed E-state index contributed by atoms with van der Waals surface area (Å²) in [6.45, 7) is 1.76. The smallest absolute Gasteiger partial charge is 0.335 e. The lowest BCUT2D eigenvalue weighted by atomic mass is 10.2. The van der Waals surface area contributed by atoms with Crippen LogP contribution in [0.2, 0.25) is 0 Å². The number of aromatic nitrogens is 3. The summed E-state index contributed by atoms with van der Waals surface area (Å²) in [5.41, 5.74) is 1.12. The highest BCUT2D eigenvalue weighted by atomic mass is 16.4. The summed E-state index contributed by atoms with van der Waals surface area (Å²) < 4.78 is 1.43. The number of hydrogen-bond acceptors (Lipinski definition) is 4. The normalized spacial score (nSPS) is 10.2. The molecule has 6 heteroatoms. The fraction of sp³-hybridized carbons (Fsp3) is 0.0909. The van der Waals surface area contributed by atoms with E-state index in [9.17, 15) is 9.59 Å². The summed E-state index contributed by atoms with van der Waals surface area (Å²) in [7, 11) is 0. The number of aryl methyl sites for hydroxylation is 1. The SMILES string of the molecule is Cc1cc(C=O)nn1-c1cc(C(=O)O)ccn1. The van der Waals surface area contributed by atoms with Crippen molar-refractivity contribution in [2.24, 2.45) is 0 Å². The molecule has 86 valence electrons. The number of carboxylic acid groups (broad SMARTS) is 1. The molecule has 0 aliphatic carbocycles. The first-order valence-corrected chi connectivity index (χ1v) is 4.83. The van der Waals surface area contributed by atoms with Crippen molar-refractivity contribution in [2.45, 2.75) is 6.92 Å². The quantitative estimate of drug-likeness (QED) is 0.799. The first-order chi connectivity index (χ1) is 8.11. The standard InChI is InChI=1S/C11H9N3O3/c1-7-4-9(6-15)13-14(7)10-5-8(11(16)17)2-3-12-10/h2-6H,1H3,(H,16,17). The van der Waals surface area contributed by atoms with Gasteiger partial charge in [0.25, 0.3) is 0 Å². The molecule has 2 aromatic rings. The molecule has 6 nitrogen and oxygen atoms in total. The van der Waals surface area contributed by atoms with Gasteiger partial charge in [0.1, 0.15) is 5.69 Å². The third-order valence-corrected chi connectivity index (χ3v) is 2.24. The molecule has 0 radical (unpaired) electrons. The highest BCUT2D eigenvalue weighted by Crippen LogP contribution is 2.10. The van der Waals surface area contributed by atoms with Crippen LogP contribution < -0.4 is 0 Å². The molecular formula is C11H9N3O3. The van der Waals surface area contributed by atoms with Gasteiger partial charge in [-0.3, -0.25) is 4.79 Å². The van der Waals surface area contributed by atoms with Crippen LogP contribution >= 0.6 is 0 Å². The minimum absolute atomic E-state index is 0.123. The van der Waals surface area contributed by atoms with E-state index in [4.69, 9.17) is 5.11 Å². The molecule has 17 heavy (non-hydrogen) atoms. The van der Waals surface area contributed by atoms with Gasteiger partial charge >= 0.3 is 5.97 Å². The minimum Gasteiger partial charge on any atom is -0.478 e. The Bertz CT molecular complexity index is 589. The van der Waals surface area contributed by atoms with Crippen molar-refractivity contribution in [2.75, 3.05) is 0 Å². The van der Waals surface area contributed by atoms with Crippen molar-refractivity contribution in [3.05, 3.63) is 41.3 Å². The highest BCUT2D eigenvalue weighted by Gasteiger charge is 2.09. The zero-order valence-corrected chi connectivity index (χ0v) is 8.99. The second-order valence-electron chi connectivity index (χ2n) is 3.45. The van der Waals surface area contributed by atoms with E-state index >= 15 is 0 Å². The Morgan fingerprint density at radius 2 is 2.24 bits per heavy atom. The first-order valence-electron chi connectivity index (χ1n) is 4.83. The van der Waals surface area contributed by atoms with Gasteiger partial charge < -0.3 is 5.11 Å². The van der Waals surface area contributed by atoms with Gasteiger partial charge in [0, 0.05) is 11.9 Å². The minimum atomic E-state index is -1.03. The molecule has 0 atom stereocenters. The molecule has 0 spiro atoms. The molecular weight excluding hydrogens is 222 g/mol. The lowest BCUT2D eigenvalue weighted by Gasteiger charge is -2.03. The van der Waals surface area contributed by atoms with Crippen molar-refractivity contribution in [3.8, 4) is 5.82 Å². The Morgan fingerprint density at radius 3 is 2.82 bits per heavy atom. The van der Waals surface area contributed by atoms with Gasteiger partial charge in [0.2, 0.25) is 0 Å². The van der Waals surface area contributed by atoms with E-state index in [-0.39, 0.29) is 11.3 Å². The summed E-state index contributed by atoms with van der Waals surface area (Å²) in [4.78, 5) is 25.4. The maximum absolute atomic E-state index is 10.8. The van der Waals surface area contributed by atoms with Crippen molar-refractivity contribution in [1.29, 1.82) is 0 Å². The zero-order valence-electron chi connectivity index (χ0n) is 8.99. The molecule has 0 unspecified atom stereocenters. The van der Waals surface area contributed by atoms with Crippen molar-refractivity contribution in [3.63, 3.8) is 0 Å². The Labute approximate surface area is 96.5 Å². The largest absolute Gasteiger partial charge is 0.478 e. The van der Waals surface area contributed by atoms with Crippen LogP contribution in [0.25, 0.3) is 5.82 Å². The number of nitrogens with zero attached hydrogens (tertiary/aromatic N) is 3. The van der Waals surface area contributed by atoms with Gasteiger partial charge in [0.15, 0.2) is 12.1 Å². The van der Waals surface area contributed by atoms with E-state index in [1.54, 1.807) is 13.0 Å². The van der Waals surface area contributed by atoms with Crippen LogP contribution in [-0.2, 0) is 0 Å². The van der Waals surface area contributed by atoms with Gasteiger partial charge in [-0.1, -0.05) is 0 Å². The maximum atomic E-state index is 10.8. The third-order valence-electron chi connectivity index (χ3n) is 2.24. The van der Waals surface area contributed by atoms with Gasteiger partial charge in [-0.2, -0.15) is 5.10 Å². The molecule has 0 amide bonds. The molecule has 0 saturated heterocycles. The molecule has 0 bridgehead atoms. The summed E-state index contributed by atoms with van der Waals surface area (Å²) in [6.07, 6.45) is 2.02. The average molecular weight is 231 g/mol. The monoisotopic (exact) mass is 231 g/mol. The van der Waals surface area contributed by atoms with Crippen LogP contribution in [0.1, 0.15) is 26.5 Å². The third kappa shape index (κ3) is 2.05. The number of carbonyl (C=O) groups excluding carboxylic acids is 1. The molecule has 0 aliphatic rings. The van der Waals surface area contributed by atoms with E-state index in [0.29, 0.717) is 17.8 Å². The predicted molar refractivity (Wildman–Crippen MR) is 58.4 cm³/mol. The van der Waals surface area contributed by atoms with Crippen molar-refractivity contribution in [1.82, 2.24) is 14.8 Å². The Kier molecular flexibility index (Phi) is 2.70. The van der Waals surface area contributed by atoms with Gasteiger partial charge in [-0.05, 0) is 25.1 Å². The second kappa shape index (κ2) is 4.17. The van der Waals surface area contributed by atoms with Crippen LogP contribution in [-0.4, -0.2) is 32.1 Å². The van der Waals surface area contributed by atoms with E-state index in [1.165, 1.54) is 23.0 Å². The maximum Gasteiger partial charge on any atom is 0.335 e. The average Bonchev–Trinajstić information content (AvgIpc) is 2.71. The fourth-order valence-electron chi connectivity index (χ4n) is 1.46. The Morgan fingerprint density at radius 1 is 1.47 bits per heavy atom. The molecule has 2 rings (SSSR count). The molecule has 0 aliphatic heterocycles. The van der Waals surface area contributed by atoms with Gasteiger partial charge in [-0.15, -0.1) is 0 Å². The zero-order chi connectivity index (χ0) is 12.4. The van der Waals surface area contributed by atoms with E-state index < -0.39 is 5.97 Å². The lowest BCUT2D eigenvalue weighted by molar-refractivity contribution is 0.0696. The fourth-order valence-corrected chi connectivity index (χ4v) is 1.46. The number of rotatable bonds is 3. The van der Waals surface area contributed by atoms with Crippen LogP contribution in [0.4, 0.5) is 0 Å². The Hall–Kier alpha value is -2.50. The number of hydrogen-bond donors (Lipinski definition) is 1. The lowest BCUT2D eigenvalue weighted by Crippen LogP contribution is -2.05. The van der Waals surface area contributed by atoms with E-state index in [1.807, 2.05) is 0 Å². The second-order valence-corrected chi connectivity index (χ2v) is 3.45. The molecule has 0 saturated carbocycles. The number of carboxylic acids is 1. The Balaban J connectivity index is 2.52. The van der Waals surface area contributed by atoms with Crippen molar-refractivity contribution < 1.29 is 14.7 Å². The summed E-state index contributed by atoms with van der Waals surface area (Å²) in [5.74, 6) is -0.662. The van der Waals surface area contributed by atoms with Gasteiger partial charge in [0.05, 0.1) is 5.56 Å². The summed E-state index contributed by atoms with van der Waals surface area (Å²) in [5, 5.41) is 12.9. The number of aromatic carboxylic acids is 1. The van der Waals surface area contributed by atoms with E-state index in [0.717, 1.165) is 0 Å². The predicted octanol–water partition coefficient (Wildman–Crippen LogP) is 1.09. The van der Waals surface area contributed by atoms with E-state index in [2.05, 4.69) is 10.1 Å². The summed E-state index contributed by atoms with van der Waals surface area (Å²) >= 11 is 0. The first kappa shape index (κ1) is 11.0. The number of carbonyl (C=O) groups is 2. The molecule has 2 aromatic heterocycles. The van der Waals surface area contributed by atoms with Crippen LogP contribution in [0.15, 0.2) is 24.4 Å². The van der Waals surface area contributed by atoms with Crippen LogP contribution in [0.3, 0.4) is 0 Å². The van der Waals surface area contributed by atoms with Crippen LogP contribution in [0, 0.1) is 6.92 Å². The van der Waals surface area contributed by atoms with Crippen molar-refractivity contribution >= 4 is 12.3 Å². The van der Waals surface area contributed by atoms with Crippen LogP contribution in [0.5, 0.6) is 0 Å². The number of aldehydes is 1. The topological polar surface area (TPSA) is 85.1 Å². The molecule has 2 heterocycles. The molecule has 1 N–H and O–H groups in total. The van der Waals surface area contributed by atoms with Gasteiger partial charge in [-0.25, -0.2) is 14.5 Å². The molecule has 0 aromatic carbocycles. The molecule has 0 fully saturated rings.